The standard InChI is InChI=1S/C12H16N2O/c1-7-3-4-9-10(11(15)5-13)6-14-12(9)8(7)2/h3-4,6,11,14-15H,5,13H2,1-2H3. The van der Waals surface area contributed by atoms with Crippen LogP contribution in [0.15, 0.2) is 18.3 Å². The lowest BCUT2D eigenvalue weighted by Gasteiger charge is -2.07. The van der Waals surface area contributed by atoms with Gasteiger partial charge in [-0.1, -0.05) is 12.1 Å². The first-order valence-electron chi connectivity index (χ1n) is 5.10. The highest BCUT2D eigenvalue weighted by atomic mass is 16.3. The molecule has 15 heavy (non-hydrogen) atoms. The van der Waals surface area contributed by atoms with E-state index in [1.54, 1.807) is 0 Å². The van der Waals surface area contributed by atoms with Crippen molar-refractivity contribution in [2.24, 2.45) is 5.73 Å². The fourth-order valence-corrected chi connectivity index (χ4v) is 1.87. The van der Waals surface area contributed by atoms with Crippen molar-refractivity contribution in [2.75, 3.05) is 6.54 Å². The van der Waals surface area contributed by atoms with Gasteiger partial charge in [0.05, 0.1) is 6.10 Å². The lowest BCUT2D eigenvalue weighted by molar-refractivity contribution is 0.188. The highest BCUT2D eigenvalue weighted by Crippen LogP contribution is 2.27. The number of benzene rings is 1. The van der Waals surface area contributed by atoms with E-state index in [1.807, 2.05) is 12.3 Å². The summed E-state index contributed by atoms with van der Waals surface area (Å²) in [4.78, 5) is 3.20. The number of hydrogen-bond acceptors (Lipinski definition) is 2. The minimum Gasteiger partial charge on any atom is -0.387 e. The van der Waals surface area contributed by atoms with Crippen LogP contribution in [0.3, 0.4) is 0 Å². The monoisotopic (exact) mass is 204 g/mol. The van der Waals surface area contributed by atoms with Crippen LogP contribution >= 0.6 is 0 Å². The number of H-pyrrole nitrogens is 1. The number of nitrogens with two attached hydrogens (primary N) is 1. The Morgan fingerprint density at radius 2 is 2.13 bits per heavy atom. The molecule has 80 valence electrons. The zero-order valence-corrected chi connectivity index (χ0v) is 9.04. The van der Waals surface area contributed by atoms with Crippen LogP contribution in [-0.4, -0.2) is 16.6 Å². The van der Waals surface area contributed by atoms with Crippen molar-refractivity contribution in [1.29, 1.82) is 0 Å². The van der Waals surface area contributed by atoms with Crippen molar-refractivity contribution >= 4 is 10.9 Å². The van der Waals surface area contributed by atoms with Crippen LogP contribution in [0.1, 0.15) is 22.8 Å². The summed E-state index contributed by atoms with van der Waals surface area (Å²) < 4.78 is 0. The molecule has 2 rings (SSSR count). The second-order valence-corrected chi connectivity index (χ2v) is 3.93. The number of fused-ring (bicyclic) bond motifs is 1. The van der Waals surface area contributed by atoms with Crippen molar-refractivity contribution in [3.8, 4) is 0 Å². The average Bonchev–Trinajstić information content (AvgIpc) is 2.66. The van der Waals surface area contributed by atoms with Crippen molar-refractivity contribution in [1.82, 2.24) is 4.98 Å². The van der Waals surface area contributed by atoms with E-state index in [1.165, 1.54) is 11.1 Å². The molecular weight excluding hydrogens is 188 g/mol. The average molecular weight is 204 g/mol. The lowest BCUT2D eigenvalue weighted by atomic mass is 10.0. The van der Waals surface area contributed by atoms with Gasteiger partial charge < -0.3 is 15.8 Å². The Balaban J connectivity index is 2.67. The molecule has 1 heterocycles. The predicted molar refractivity (Wildman–Crippen MR) is 61.8 cm³/mol. The molecule has 4 N–H and O–H groups in total. The third kappa shape index (κ3) is 1.54. The minimum atomic E-state index is -0.583. The molecule has 0 aliphatic rings. The van der Waals surface area contributed by atoms with Gasteiger partial charge in [0.25, 0.3) is 0 Å². The second kappa shape index (κ2) is 3.68. The fourth-order valence-electron chi connectivity index (χ4n) is 1.87. The molecule has 0 aliphatic heterocycles. The summed E-state index contributed by atoms with van der Waals surface area (Å²) in [5.41, 5.74) is 9.91. The normalized spacial score (nSPS) is 13.3. The van der Waals surface area contributed by atoms with Gasteiger partial charge in [-0.3, -0.25) is 0 Å². The van der Waals surface area contributed by atoms with Gasteiger partial charge in [0.15, 0.2) is 0 Å². The van der Waals surface area contributed by atoms with E-state index in [4.69, 9.17) is 5.73 Å². The number of aliphatic hydroxyl groups excluding tert-OH is 1. The van der Waals surface area contributed by atoms with Crippen LogP contribution in [-0.2, 0) is 0 Å². The molecule has 0 fully saturated rings. The maximum absolute atomic E-state index is 9.73. The number of nitrogens with one attached hydrogen (secondary N) is 1. The fraction of sp³-hybridized carbons (Fsp3) is 0.333. The molecule has 1 atom stereocenters. The van der Waals surface area contributed by atoms with Gasteiger partial charge in [-0.15, -0.1) is 0 Å². The maximum atomic E-state index is 9.73. The van der Waals surface area contributed by atoms with Gasteiger partial charge in [0.1, 0.15) is 0 Å². The summed E-state index contributed by atoms with van der Waals surface area (Å²) in [6, 6.07) is 4.10. The minimum absolute atomic E-state index is 0.250. The summed E-state index contributed by atoms with van der Waals surface area (Å²) >= 11 is 0. The summed E-state index contributed by atoms with van der Waals surface area (Å²) in [5.74, 6) is 0. The molecule has 0 saturated carbocycles. The Hall–Kier alpha value is -1.32. The molecule has 0 spiro atoms. The molecule has 2 aromatic rings. The lowest BCUT2D eigenvalue weighted by Crippen LogP contribution is -2.10. The zero-order valence-electron chi connectivity index (χ0n) is 9.04. The molecule has 0 aliphatic carbocycles. The summed E-state index contributed by atoms with van der Waals surface area (Å²) in [6.07, 6.45) is 1.26. The molecule has 0 radical (unpaired) electrons. The number of aromatic amines is 1. The summed E-state index contributed by atoms with van der Waals surface area (Å²) in [5, 5.41) is 10.8. The third-order valence-electron chi connectivity index (χ3n) is 3.00. The van der Waals surface area contributed by atoms with Gasteiger partial charge in [-0.25, -0.2) is 0 Å². The molecule has 0 amide bonds. The summed E-state index contributed by atoms with van der Waals surface area (Å²) in [6.45, 7) is 4.40. The van der Waals surface area contributed by atoms with E-state index in [9.17, 15) is 5.11 Å². The largest absolute Gasteiger partial charge is 0.387 e. The van der Waals surface area contributed by atoms with Crippen molar-refractivity contribution in [3.05, 3.63) is 35.0 Å². The van der Waals surface area contributed by atoms with Crippen LogP contribution in [0.5, 0.6) is 0 Å². The van der Waals surface area contributed by atoms with E-state index in [-0.39, 0.29) is 6.54 Å². The molecule has 1 aromatic heterocycles. The van der Waals surface area contributed by atoms with Crippen LogP contribution in [0.25, 0.3) is 10.9 Å². The van der Waals surface area contributed by atoms with Crippen LogP contribution in [0, 0.1) is 13.8 Å². The van der Waals surface area contributed by atoms with E-state index in [0.29, 0.717) is 0 Å². The van der Waals surface area contributed by atoms with Gasteiger partial charge >= 0.3 is 0 Å². The summed E-state index contributed by atoms with van der Waals surface area (Å²) in [7, 11) is 0. The van der Waals surface area contributed by atoms with Crippen LogP contribution < -0.4 is 5.73 Å². The topological polar surface area (TPSA) is 62.0 Å². The van der Waals surface area contributed by atoms with Gasteiger partial charge in [-0.05, 0) is 25.0 Å². The Bertz CT molecular complexity index is 488. The molecule has 1 aromatic carbocycles. The first-order chi connectivity index (χ1) is 7.15. The Morgan fingerprint density at radius 3 is 2.80 bits per heavy atom. The molecule has 0 saturated heterocycles. The molecule has 0 bridgehead atoms. The zero-order chi connectivity index (χ0) is 11.0. The SMILES string of the molecule is Cc1ccc2c(C(O)CN)c[nH]c2c1C. The highest BCUT2D eigenvalue weighted by molar-refractivity contribution is 5.87. The van der Waals surface area contributed by atoms with E-state index in [2.05, 4.69) is 24.9 Å². The number of aryl methyl sites for hydroxylation is 2. The number of aliphatic hydroxyl groups is 1. The van der Waals surface area contributed by atoms with Crippen LogP contribution in [0.2, 0.25) is 0 Å². The molecule has 3 nitrogen and oxygen atoms in total. The Kier molecular flexibility index (Phi) is 2.50. The Labute approximate surface area is 88.9 Å². The Morgan fingerprint density at radius 1 is 1.40 bits per heavy atom. The van der Waals surface area contributed by atoms with Crippen molar-refractivity contribution in [2.45, 2.75) is 20.0 Å². The highest BCUT2D eigenvalue weighted by Gasteiger charge is 2.12. The quantitative estimate of drug-likeness (QED) is 0.698. The molecular formula is C12H16N2O. The smallest absolute Gasteiger partial charge is 0.0932 e. The second-order valence-electron chi connectivity index (χ2n) is 3.93. The van der Waals surface area contributed by atoms with Gasteiger partial charge in [0, 0.05) is 29.2 Å². The van der Waals surface area contributed by atoms with E-state index < -0.39 is 6.10 Å². The van der Waals surface area contributed by atoms with Crippen LogP contribution in [0.4, 0.5) is 0 Å². The van der Waals surface area contributed by atoms with Crippen molar-refractivity contribution < 1.29 is 5.11 Å². The van der Waals surface area contributed by atoms with E-state index >= 15 is 0 Å². The predicted octanol–water partition coefficient (Wildman–Crippen LogP) is 1.78. The van der Waals surface area contributed by atoms with Gasteiger partial charge in [-0.2, -0.15) is 0 Å². The number of hydrogen-bond donors (Lipinski definition) is 3. The number of rotatable bonds is 2. The third-order valence-corrected chi connectivity index (χ3v) is 3.00. The molecule has 3 heteroatoms. The first kappa shape index (κ1) is 10.2. The van der Waals surface area contributed by atoms with Crippen molar-refractivity contribution in [3.63, 3.8) is 0 Å². The van der Waals surface area contributed by atoms with Gasteiger partial charge in [0.2, 0.25) is 0 Å². The maximum Gasteiger partial charge on any atom is 0.0932 e. The number of aromatic nitrogens is 1. The van der Waals surface area contributed by atoms with E-state index in [0.717, 1.165) is 16.5 Å². The first-order valence-corrected chi connectivity index (χ1v) is 5.10. The molecule has 1 unspecified atom stereocenters.